The first kappa shape index (κ1) is 16.8. The Balaban J connectivity index is 3.49. The highest BCUT2D eigenvalue weighted by molar-refractivity contribution is 5.67. The van der Waals surface area contributed by atoms with Gasteiger partial charge in [-0.1, -0.05) is 63.4 Å². The molecule has 0 bridgehead atoms. The zero-order valence-electron chi connectivity index (χ0n) is 11.3. The Kier molecular flexibility index (Phi) is 11.4. The Bertz CT molecular complexity index is 263. The number of aliphatic carboxylic acids is 1. The molecule has 0 aromatic rings. The summed E-state index contributed by atoms with van der Waals surface area (Å²) in [5.41, 5.74) is 8.34. The number of carboxylic acid groups (broad SMARTS) is 1. The van der Waals surface area contributed by atoms with Crippen molar-refractivity contribution >= 4 is 5.97 Å². The first-order valence-electron chi connectivity index (χ1n) is 6.96. The summed E-state index contributed by atoms with van der Waals surface area (Å²) in [6.45, 7) is 2.21. The number of carboxylic acids is 1. The molecule has 104 valence electrons. The summed E-state index contributed by atoms with van der Waals surface area (Å²) in [6.07, 6.45) is 10.3. The average Bonchev–Trinajstić information content (AvgIpc) is 2.32. The number of hydrogen-bond donors (Lipinski definition) is 1. The summed E-state index contributed by atoms with van der Waals surface area (Å²) in [5, 5.41) is 12.2. The van der Waals surface area contributed by atoms with Crippen LogP contribution in [0.5, 0.6) is 0 Å². The van der Waals surface area contributed by atoms with Crippen molar-refractivity contribution in [2.24, 2.45) is 5.11 Å². The van der Waals surface area contributed by atoms with E-state index in [-0.39, 0.29) is 12.5 Å². The second kappa shape index (κ2) is 12.2. The third-order valence-corrected chi connectivity index (χ3v) is 3.02. The van der Waals surface area contributed by atoms with Gasteiger partial charge in [0.15, 0.2) is 0 Å². The quantitative estimate of drug-likeness (QED) is 0.238. The number of rotatable bonds is 12. The molecule has 0 amide bonds. The van der Waals surface area contributed by atoms with E-state index in [9.17, 15) is 4.79 Å². The minimum Gasteiger partial charge on any atom is -0.481 e. The number of carbonyl (C=O) groups is 1. The van der Waals surface area contributed by atoms with Crippen LogP contribution in [0.2, 0.25) is 0 Å². The van der Waals surface area contributed by atoms with Crippen LogP contribution in [0.4, 0.5) is 0 Å². The van der Waals surface area contributed by atoms with Crippen molar-refractivity contribution in [1.82, 2.24) is 0 Å². The highest BCUT2D eigenvalue weighted by atomic mass is 16.4. The molecule has 0 rings (SSSR count). The van der Waals surface area contributed by atoms with Crippen LogP contribution in [0.1, 0.15) is 71.1 Å². The van der Waals surface area contributed by atoms with Crippen molar-refractivity contribution in [3.05, 3.63) is 10.4 Å². The fourth-order valence-electron chi connectivity index (χ4n) is 1.99. The normalized spacial score (nSPS) is 11.8. The minimum atomic E-state index is -0.896. The van der Waals surface area contributed by atoms with E-state index in [4.69, 9.17) is 10.6 Å². The second-order valence-corrected chi connectivity index (χ2v) is 4.72. The van der Waals surface area contributed by atoms with Gasteiger partial charge in [-0.3, -0.25) is 4.79 Å². The molecule has 5 nitrogen and oxygen atoms in total. The molecule has 0 heterocycles. The van der Waals surface area contributed by atoms with Gasteiger partial charge in [-0.05, 0) is 12.0 Å². The Morgan fingerprint density at radius 2 is 1.72 bits per heavy atom. The van der Waals surface area contributed by atoms with E-state index >= 15 is 0 Å². The second-order valence-electron chi connectivity index (χ2n) is 4.72. The van der Waals surface area contributed by atoms with E-state index in [0.29, 0.717) is 6.42 Å². The lowest BCUT2D eigenvalue weighted by Crippen LogP contribution is -2.10. The predicted molar refractivity (Wildman–Crippen MR) is 72.4 cm³/mol. The molecule has 0 fully saturated rings. The van der Waals surface area contributed by atoms with Crippen molar-refractivity contribution in [2.45, 2.75) is 77.2 Å². The summed E-state index contributed by atoms with van der Waals surface area (Å²) < 4.78 is 0. The Labute approximate surface area is 109 Å². The third kappa shape index (κ3) is 11.3. The van der Waals surface area contributed by atoms with E-state index < -0.39 is 5.97 Å². The van der Waals surface area contributed by atoms with E-state index in [1.54, 1.807) is 0 Å². The van der Waals surface area contributed by atoms with Gasteiger partial charge in [0, 0.05) is 11.0 Å². The SMILES string of the molecule is CCCCCCCCCCC(CC(=O)O)N=[N+]=[N-]. The smallest absolute Gasteiger partial charge is 0.303 e. The minimum absolute atomic E-state index is 0.0550. The van der Waals surface area contributed by atoms with Crippen LogP contribution in [0, 0.1) is 0 Å². The predicted octanol–water partition coefficient (Wildman–Crippen LogP) is 4.67. The molecular weight excluding hydrogens is 230 g/mol. The van der Waals surface area contributed by atoms with Crippen LogP contribution < -0.4 is 0 Å². The fraction of sp³-hybridized carbons (Fsp3) is 0.923. The van der Waals surface area contributed by atoms with E-state index in [2.05, 4.69) is 16.9 Å². The van der Waals surface area contributed by atoms with Gasteiger partial charge in [-0.15, -0.1) is 0 Å². The van der Waals surface area contributed by atoms with Gasteiger partial charge in [0.05, 0.1) is 6.42 Å². The highest BCUT2D eigenvalue weighted by Gasteiger charge is 2.10. The molecule has 0 saturated carbocycles. The Morgan fingerprint density at radius 3 is 2.22 bits per heavy atom. The van der Waals surface area contributed by atoms with Crippen molar-refractivity contribution in [3.8, 4) is 0 Å². The van der Waals surface area contributed by atoms with Crippen LogP contribution >= 0.6 is 0 Å². The number of unbranched alkanes of at least 4 members (excludes halogenated alkanes) is 7. The Hall–Kier alpha value is -1.22. The molecule has 0 radical (unpaired) electrons. The monoisotopic (exact) mass is 255 g/mol. The molecule has 0 spiro atoms. The molecule has 1 unspecified atom stereocenters. The van der Waals surface area contributed by atoms with Crippen molar-refractivity contribution in [2.75, 3.05) is 0 Å². The topological polar surface area (TPSA) is 86.1 Å². The zero-order valence-corrected chi connectivity index (χ0v) is 11.3. The van der Waals surface area contributed by atoms with Crippen LogP contribution in [0.15, 0.2) is 5.11 Å². The van der Waals surface area contributed by atoms with Gasteiger partial charge in [-0.25, -0.2) is 0 Å². The van der Waals surface area contributed by atoms with Crippen molar-refractivity contribution in [1.29, 1.82) is 0 Å². The molecule has 0 aliphatic carbocycles. The van der Waals surface area contributed by atoms with Crippen molar-refractivity contribution < 1.29 is 9.90 Å². The summed E-state index contributed by atoms with van der Waals surface area (Å²) >= 11 is 0. The van der Waals surface area contributed by atoms with Gasteiger partial charge in [-0.2, -0.15) is 0 Å². The number of azide groups is 1. The maximum absolute atomic E-state index is 10.5. The number of nitrogens with zero attached hydrogens (tertiary/aromatic N) is 3. The average molecular weight is 255 g/mol. The molecule has 0 aromatic carbocycles. The lowest BCUT2D eigenvalue weighted by molar-refractivity contribution is -0.137. The van der Waals surface area contributed by atoms with Gasteiger partial charge in [0.25, 0.3) is 0 Å². The van der Waals surface area contributed by atoms with Crippen LogP contribution in [0.3, 0.4) is 0 Å². The summed E-state index contributed by atoms with van der Waals surface area (Å²) in [5.74, 6) is -0.896. The molecular formula is C13H25N3O2. The first-order valence-corrected chi connectivity index (χ1v) is 6.96. The molecule has 0 saturated heterocycles. The van der Waals surface area contributed by atoms with Crippen LogP contribution in [-0.2, 0) is 4.79 Å². The van der Waals surface area contributed by atoms with Gasteiger partial charge < -0.3 is 5.11 Å². The van der Waals surface area contributed by atoms with Gasteiger partial charge >= 0.3 is 5.97 Å². The van der Waals surface area contributed by atoms with E-state index in [0.717, 1.165) is 12.8 Å². The number of hydrogen-bond acceptors (Lipinski definition) is 2. The highest BCUT2D eigenvalue weighted by Crippen LogP contribution is 2.13. The maximum Gasteiger partial charge on any atom is 0.303 e. The fourth-order valence-corrected chi connectivity index (χ4v) is 1.99. The first-order chi connectivity index (χ1) is 8.70. The molecule has 0 aromatic heterocycles. The Morgan fingerprint density at radius 1 is 1.17 bits per heavy atom. The summed E-state index contributed by atoms with van der Waals surface area (Å²) in [6, 6.07) is -0.382. The molecule has 0 aliphatic heterocycles. The molecule has 18 heavy (non-hydrogen) atoms. The molecule has 1 atom stereocenters. The molecule has 0 aliphatic rings. The van der Waals surface area contributed by atoms with Crippen LogP contribution in [-0.4, -0.2) is 17.1 Å². The summed E-state index contributed by atoms with van der Waals surface area (Å²) in [4.78, 5) is 13.2. The van der Waals surface area contributed by atoms with Gasteiger partial charge in [0.1, 0.15) is 0 Å². The largest absolute Gasteiger partial charge is 0.481 e. The van der Waals surface area contributed by atoms with Crippen LogP contribution in [0.25, 0.3) is 10.4 Å². The van der Waals surface area contributed by atoms with Gasteiger partial charge in [0.2, 0.25) is 0 Å². The third-order valence-electron chi connectivity index (χ3n) is 3.02. The lowest BCUT2D eigenvalue weighted by Gasteiger charge is -2.07. The molecule has 5 heteroatoms. The van der Waals surface area contributed by atoms with E-state index in [1.807, 2.05) is 0 Å². The maximum atomic E-state index is 10.5. The standard InChI is InChI=1S/C13H25N3O2/c1-2-3-4-5-6-7-8-9-10-12(15-16-14)11-13(17)18/h12H,2-11H2,1H3,(H,17,18). The van der Waals surface area contributed by atoms with Crippen molar-refractivity contribution in [3.63, 3.8) is 0 Å². The lowest BCUT2D eigenvalue weighted by atomic mass is 10.0. The van der Waals surface area contributed by atoms with E-state index in [1.165, 1.54) is 38.5 Å². The summed E-state index contributed by atoms with van der Waals surface area (Å²) in [7, 11) is 0. The molecule has 1 N–H and O–H groups in total. The zero-order chi connectivity index (χ0) is 13.6.